The Kier molecular flexibility index (Phi) is 4.98. The summed E-state index contributed by atoms with van der Waals surface area (Å²) in [5.74, 6) is -0.711. The fraction of sp³-hybridized carbons (Fsp3) is 0.833. The number of carbonyl (C=O) groups is 2. The molecule has 0 aliphatic heterocycles. The van der Waals surface area contributed by atoms with E-state index in [1.165, 1.54) is 0 Å². The van der Waals surface area contributed by atoms with Crippen LogP contribution >= 0.6 is 0 Å². The molecule has 1 unspecified atom stereocenters. The molecule has 0 aromatic heterocycles. The first-order valence-corrected chi connectivity index (χ1v) is 5.62. The molecule has 98 valence electrons. The fourth-order valence-electron chi connectivity index (χ4n) is 0.829. The van der Waals surface area contributed by atoms with Gasteiger partial charge in [-0.1, -0.05) is 32.8 Å². The molecule has 0 aliphatic rings. The van der Waals surface area contributed by atoms with Crippen molar-refractivity contribution in [1.29, 1.82) is 0 Å². The van der Waals surface area contributed by atoms with Gasteiger partial charge in [-0.25, -0.2) is 4.79 Å². The Morgan fingerprint density at radius 1 is 1.00 bits per heavy atom. The van der Waals surface area contributed by atoms with Crippen molar-refractivity contribution in [2.45, 2.75) is 54.1 Å². The summed E-state index contributed by atoms with van der Waals surface area (Å²) >= 11 is 0. The lowest BCUT2D eigenvalue weighted by Gasteiger charge is -2.23. The Morgan fingerprint density at radius 3 is 1.82 bits per heavy atom. The number of ether oxygens (including phenoxy) is 1. The lowest BCUT2D eigenvalue weighted by molar-refractivity contribution is -0.124. The zero-order valence-corrected chi connectivity index (χ0v) is 11.7. The first-order chi connectivity index (χ1) is 7.43. The molecular weight excluding hydrogens is 220 g/mol. The van der Waals surface area contributed by atoms with E-state index in [4.69, 9.17) is 4.74 Å². The van der Waals surface area contributed by atoms with Gasteiger partial charge in [0.1, 0.15) is 5.60 Å². The summed E-state index contributed by atoms with van der Waals surface area (Å²) in [6, 6.07) is 0. The van der Waals surface area contributed by atoms with Gasteiger partial charge in [-0.05, 0) is 26.2 Å². The van der Waals surface area contributed by atoms with Crippen molar-refractivity contribution in [3.05, 3.63) is 0 Å². The van der Waals surface area contributed by atoms with E-state index in [-0.39, 0.29) is 11.3 Å². The Bertz CT molecular complexity index is 322. The molecule has 0 bridgehead atoms. The van der Waals surface area contributed by atoms with E-state index in [2.05, 4.69) is 10.2 Å². The molecule has 5 heteroatoms. The van der Waals surface area contributed by atoms with Gasteiger partial charge in [0, 0.05) is 5.92 Å². The van der Waals surface area contributed by atoms with Gasteiger partial charge >= 0.3 is 6.09 Å². The minimum absolute atomic E-state index is 0.204. The topological polar surface area (TPSA) is 68.1 Å². The number of carbonyl (C=O) groups excluding carboxylic acids is 2. The average Bonchev–Trinajstić information content (AvgIpc) is 2.08. The zero-order valence-electron chi connectivity index (χ0n) is 11.7. The normalized spacial score (nSPS) is 14.8. The second-order valence-corrected chi connectivity index (χ2v) is 6.11. The Hall–Kier alpha value is -1.26. The maximum atomic E-state index is 11.6. The first-order valence-electron chi connectivity index (χ1n) is 5.62. The monoisotopic (exact) mass is 242 g/mol. The molecule has 2 amide bonds. The number of amides is 2. The van der Waals surface area contributed by atoms with Gasteiger partial charge in [-0.2, -0.15) is 0 Å². The largest absolute Gasteiger partial charge is 0.453 e. The second kappa shape index (κ2) is 5.38. The molecule has 1 atom stereocenters. The zero-order chi connectivity index (χ0) is 13.9. The predicted octanol–water partition coefficient (Wildman–Crippen LogP) is 3.58. The smallest absolute Gasteiger partial charge is 0.441 e. The Balaban J connectivity index is 4.45. The molecule has 0 aromatic carbocycles. The standard InChI is InChI=1S/C12H22N2O3/c1-8(11(2,3)4)9(15)13-14-10(16)17-12(5,6)7/h8H,1-7H3/b14-13+. The van der Waals surface area contributed by atoms with Gasteiger partial charge in [0.2, 0.25) is 0 Å². The van der Waals surface area contributed by atoms with Crippen LogP contribution in [-0.2, 0) is 9.53 Å². The molecule has 5 nitrogen and oxygen atoms in total. The van der Waals surface area contributed by atoms with Crippen molar-refractivity contribution in [2.75, 3.05) is 0 Å². The molecule has 0 heterocycles. The number of nitrogens with zero attached hydrogens (tertiary/aromatic N) is 2. The van der Waals surface area contributed by atoms with Crippen LogP contribution in [-0.4, -0.2) is 17.6 Å². The third-order valence-electron chi connectivity index (χ3n) is 2.29. The minimum atomic E-state index is -0.841. The van der Waals surface area contributed by atoms with Crippen molar-refractivity contribution in [2.24, 2.45) is 21.6 Å². The Morgan fingerprint density at radius 2 is 1.47 bits per heavy atom. The number of rotatable bonds is 1. The van der Waals surface area contributed by atoms with Gasteiger partial charge in [0.05, 0.1) is 0 Å². The van der Waals surface area contributed by atoms with Crippen LogP contribution in [0.3, 0.4) is 0 Å². The van der Waals surface area contributed by atoms with Gasteiger partial charge in [0.25, 0.3) is 5.91 Å². The molecule has 17 heavy (non-hydrogen) atoms. The lowest BCUT2D eigenvalue weighted by atomic mass is 9.82. The third kappa shape index (κ3) is 6.81. The molecule has 0 fully saturated rings. The van der Waals surface area contributed by atoms with Crippen molar-refractivity contribution in [1.82, 2.24) is 0 Å². The van der Waals surface area contributed by atoms with Crippen molar-refractivity contribution in [3.8, 4) is 0 Å². The summed E-state index contributed by atoms with van der Waals surface area (Å²) in [6.45, 7) is 12.7. The van der Waals surface area contributed by atoms with Crippen LogP contribution in [0.5, 0.6) is 0 Å². The Labute approximate surface area is 103 Å². The second-order valence-electron chi connectivity index (χ2n) is 6.11. The molecule has 0 aliphatic carbocycles. The summed E-state index contributed by atoms with van der Waals surface area (Å²) in [4.78, 5) is 22.8. The van der Waals surface area contributed by atoms with Crippen LogP contribution in [0.25, 0.3) is 0 Å². The molecule has 0 N–H and O–H groups in total. The van der Waals surface area contributed by atoms with E-state index in [9.17, 15) is 9.59 Å². The van der Waals surface area contributed by atoms with Crippen LogP contribution in [0.2, 0.25) is 0 Å². The van der Waals surface area contributed by atoms with E-state index in [1.54, 1.807) is 27.7 Å². The summed E-state index contributed by atoms with van der Waals surface area (Å²) in [7, 11) is 0. The van der Waals surface area contributed by atoms with E-state index < -0.39 is 17.6 Å². The lowest BCUT2D eigenvalue weighted by Crippen LogP contribution is -2.25. The van der Waals surface area contributed by atoms with E-state index in [1.807, 2.05) is 20.8 Å². The summed E-state index contributed by atoms with van der Waals surface area (Å²) in [5, 5.41) is 6.64. The highest BCUT2D eigenvalue weighted by Crippen LogP contribution is 2.26. The van der Waals surface area contributed by atoms with Crippen molar-refractivity contribution >= 4 is 12.0 Å². The molecule has 0 rings (SSSR count). The molecule has 0 saturated heterocycles. The highest BCUT2D eigenvalue weighted by atomic mass is 16.6. The predicted molar refractivity (Wildman–Crippen MR) is 64.7 cm³/mol. The summed E-state index contributed by atoms with van der Waals surface area (Å²) < 4.78 is 4.90. The molecule has 0 aromatic rings. The number of azo groups is 1. The number of hydrogen-bond donors (Lipinski definition) is 0. The maximum absolute atomic E-state index is 11.6. The van der Waals surface area contributed by atoms with Crippen LogP contribution in [0.1, 0.15) is 48.5 Å². The van der Waals surface area contributed by atoms with Crippen LogP contribution in [0, 0.1) is 11.3 Å². The fourth-order valence-corrected chi connectivity index (χ4v) is 0.829. The van der Waals surface area contributed by atoms with Crippen LogP contribution in [0.15, 0.2) is 10.2 Å². The molecule has 0 spiro atoms. The highest BCUT2D eigenvalue weighted by molar-refractivity contribution is 5.81. The van der Waals surface area contributed by atoms with Gasteiger partial charge in [-0.3, -0.25) is 4.79 Å². The minimum Gasteiger partial charge on any atom is -0.441 e. The van der Waals surface area contributed by atoms with Crippen molar-refractivity contribution in [3.63, 3.8) is 0 Å². The quantitative estimate of drug-likeness (QED) is 0.660. The van der Waals surface area contributed by atoms with Crippen molar-refractivity contribution < 1.29 is 14.3 Å². The number of hydrogen-bond acceptors (Lipinski definition) is 3. The maximum Gasteiger partial charge on any atom is 0.453 e. The first kappa shape index (κ1) is 15.7. The van der Waals surface area contributed by atoms with Crippen LogP contribution < -0.4 is 0 Å². The molecular formula is C12H22N2O3. The van der Waals surface area contributed by atoms with E-state index in [0.717, 1.165) is 0 Å². The van der Waals surface area contributed by atoms with Crippen LogP contribution in [0.4, 0.5) is 4.79 Å². The molecule has 0 saturated carbocycles. The van der Waals surface area contributed by atoms with Gasteiger partial charge < -0.3 is 4.74 Å². The van der Waals surface area contributed by atoms with Gasteiger partial charge in [-0.15, -0.1) is 5.11 Å². The SMILES string of the molecule is CC(C(=O)/N=N/C(=O)OC(C)(C)C)C(C)(C)C. The van der Waals surface area contributed by atoms with Gasteiger partial charge in [0.15, 0.2) is 0 Å². The summed E-state index contributed by atoms with van der Waals surface area (Å²) in [6.07, 6.45) is -0.841. The van der Waals surface area contributed by atoms with E-state index >= 15 is 0 Å². The average molecular weight is 242 g/mol. The third-order valence-corrected chi connectivity index (χ3v) is 2.29. The molecule has 0 radical (unpaired) electrons. The highest BCUT2D eigenvalue weighted by Gasteiger charge is 2.27. The summed E-state index contributed by atoms with van der Waals surface area (Å²) in [5.41, 5.74) is -0.834. The van der Waals surface area contributed by atoms with E-state index in [0.29, 0.717) is 0 Å².